The van der Waals surface area contributed by atoms with E-state index in [1.54, 1.807) is 37.6 Å². The van der Waals surface area contributed by atoms with Gasteiger partial charge in [0.2, 0.25) is 15.9 Å². The molecule has 3 rings (SSSR count). The molecule has 0 aliphatic carbocycles. The molecule has 0 atom stereocenters. The van der Waals surface area contributed by atoms with Crippen molar-refractivity contribution in [3.8, 4) is 5.75 Å². The van der Waals surface area contributed by atoms with Crippen LogP contribution in [0.1, 0.15) is 18.4 Å². The maximum Gasteiger partial charge on any atom is 0.243 e. The van der Waals surface area contributed by atoms with E-state index in [9.17, 15) is 13.2 Å². The van der Waals surface area contributed by atoms with Gasteiger partial charge in [-0.05, 0) is 66.9 Å². The molecule has 0 saturated carbocycles. The monoisotopic (exact) mass is 435 g/mol. The number of carbonyl (C=O) groups is 1. The van der Waals surface area contributed by atoms with Crippen LogP contribution in [-0.2, 0) is 14.8 Å². The fourth-order valence-corrected chi connectivity index (χ4v) is 4.66. The Morgan fingerprint density at radius 1 is 1.14 bits per heavy atom. The molecule has 2 aromatic rings. The zero-order valence-electron chi connectivity index (χ0n) is 15.9. The summed E-state index contributed by atoms with van der Waals surface area (Å²) in [6, 6.07) is 13.4. The Morgan fingerprint density at radius 2 is 1.76 bits per heavy atom. The van der Waals surface area contributed by atoms with Crippen molar-refractivity contribution in [2.45, 2.75) is 17.7 Å². The molecule has 154 valence electrons. The maximum absolute atomic E-state index is 12.7. The molecular weight excluding hydrogens is 414 g/mol. The molecule has 1 amide bonds. The third-order valence-electron chi connectivity index (χ3n) is 4.78. The molecule has 0 unspecified atom stereocenters. The Kier molecular flexibility index (Phi) is 6.89. The smallest absolute Gasteiger partial charge is 0.243 e. The number of hydrogen-bond acceptors (Lipinski definition) is 5. The van der Waals surface area contributed by atoms with Gasteiger partial charge in [-0.1, -0.05) is 11.6 Å². The van der Waals surface area contributed by atoms with Gasteiger partial charge in [-0.3, -0.25) is 4.79 Å². The Morgan fingerprint density at radius 3 is 2.34 bits per heavy atom. The number of piperidine rings is 1. The number of rotatable bonds is 6. The summed E-state index contributed by atoms with van der Waals surface area (Å²) < 4.78 is 31.9. The molecule has 29 heavy (non-hydrogen) atoms. The highest BCUT2D eigenvalue weighted by molar-refractivity contribution is 7.89. The number of nitrogens with one attached hydrogen (secondary N) is 1. The molecule has 0 spiro atoms. The lowest BCUT2D eigenvalue weighted by Crippen LogP contribution is -2.42. The van der Waals surface area contributed by atoms with Crippen molar-refractivity contribution in [3.05, 3.63) is 59.1 Å². The van der Waals surface area contributed by atoms with Crippen LogP contribution in [0.2, 0.25) is 5.02 Å². The maximum atomic E-state index is 12.7. The Labute approximate surface area is 175 Å². The minimum atomic E-state index is -3.58. The summed E-state index contributed by atoms with van der Waals surface area (Å²) in [5.74, 6) is 0.254. The van der Waals surface area contributed by atoms with Crippen LogP contribution in [0.3, 0.4) is 0 Å². The van der Waals surface area contributed by atoms with E-state index < -0.39 is 10.0 Å². The standard InChI is InChI=1S/C20H22ClN3O4S/c1-28-18-6-2-15(3-7-18)14-22-23-20(25)16-10-12-24(13-11-16)29(26,27)19-8-4-17(21)5-9-19/h2-9,14,16H,10-13H2,1H3,(H,23,25)/b22-14-. The number of ether oxygens (including phenoxy) is 1. The lowest BCUT2D eigenvalue weighted by molar-refractivity contribution is -0.126. The van der Waals surface area contributed by atoms with Gasteiger partial charge in [0, 0.05) is 24.0 Å². The number of hydrazone groups is 1. The van der Waals surface area contributed by atoms with Crippen molar-refractivity contribution in [2.75, 3.05) is 20.2 Å². The number of methoxy groups -OCH3 is 1. The minimum absolute atomic E-state index is 0.203. The highest BCUT2D eigenvalue weighted by Gasteiger charge is 2.32. The largest absolute Gasteiger partial charge is 0.497 e. The van der Waals surface area contributed by atoms with Crippen LogP contribution in [0.4, 0.5) is 0 Å². The molecule has 9 heteroatoms. The third kappa shape index (κ3) is 5.35. The van der Waals surface area contributed by atoms with Crippen LogP contribution in [-0.4, -0.2) is 45.0 Å². The first-order valence-corrected chi connectivity index (χ1v) is 10.9. The van der Waals surface area contributed by atoms with Crippen molar-refractivity contribution in [1.29, 1.82) is 0 Å². The van der Waals surface area contributed by atoms with Crippen LogP contribution in [0.5, 0.6) is 5.75 Å². The van der Waals surface area contributed by atoms with E-state index >= 15 is 0 Å². The molecule has 0 radical (unpaired) electrons. The van der Waals surface area contributed by atoms with Gasteiger partial charge >= 0.3 is 0 Å². The Balaban J connectivity index is 1.52. The van der Waals surface area contributed by atoms with Gasteiger partial charge in [-0.25, -0.2) is 13.8 Å². The molecule has 2 aromatic carbocycles. The number of amides is 1. The van der Waals surface area contributed by atoms with E-state index in [1.165, 1.54) is 16.4 Å². The first-order chi connectivity index (χ1) is 13.9. The second-order valence-corrected chi connectivity index (χ2v) is 9.01. The second kappa shape index (κ2) is 9.39. The molecule has 1 saturated heterocycles. The van der Waals surface area contributed by atoms with Gasteiger partial charge in [0.1, 0.15) is 5.75 Å². The number of sulfonamides is 1. The van der Waals surface area contributed by atoms with E-state index in [2.05, 4.69) is 10.5 Å². The summed E-state index contributed by atoms with van der Waals surface area (Å²) in [5, 5.41) is 4.47. The normalized spacial score (nSPS) is 16.1. The summed E-state index contributed by atoms with van der Waals surface area (Å²) in [6.45, 7) is 0.566. The predicted octanol–water partition coefficient (Wildman–Crippen LogP) is 2.90. The van der Waals surface area contributed by atoms with Crippen LogP contribution in [0, 0.1) is 5.92 Å². The SMILES string of the molecule is COc1ccc(/C=N\NC(=O)C2CCN(S(=O)(=O)c3ccc(Cl)cc3)CC2)cc1. The topological polar surface area (TPSA) is 88.1 Å². The van der Waals surface area contributed by atoms with Crippen LogP contribution in [0.15, 0.2) is 58.5 Å². The molecule has 1 aliphatic rings. The van der Waals surface area contributed by atoms with E-state index in [0.717, 1.165) is 11.3 Å². The van der Waals surface area contributed by atoms with Gasteiger partial charge in [0.25, 0.3) is 0 Å². The number of carbonyl (C=O) groups excluding carboxylic acids is 1. The van der Waals surface area contributed by atoms with Gasteiger partial charge < -0.3 is 4.74 Å². The molecular formula is C20H22ClN3O4S. The van der Waals surface area contributed by atoms with E-state index in [-0.39, 0.29) is 29.8 Å². The predicted molar refractivity (Wildman–Crippen MR) is 112 cm³/mol. The quantitative estimate of drug-likeness (QED) is 0.558. The van der Waals surface area contributed by atoms with Gasteiger partial charge in [-0.15, -0.1) is 0 Å². The van der Waals surface area contributed by atoms with E-state index in [1.807, 2.05) is 12.1 Å². The summed E-state index contributed by atoms with van der Waals surface area (Å²) in [4.78, 5) is 12.5. The van der Waals surface area contributed by atoms with Gasteiger partial charge in [-0.2, -0.15) is 9.41 Å². The lowest BCUT2D eigenvalue weighted by Gasteiger charge is -2.30. The van der Waals surface area contributed by atoms with Crippen LogP contribution >= 0.6 is 11.6 Å². The first-order valence-electron chi connectivity index (χ1n) is 9.13. The molecule has 0 bridgehead atoms. The van der Waals surface area contributed by atoms with Crippen molar-refractivity contribution in [2.24, 2.45) is 11.0 Å². The molecule has 1 fully saturated rings. The van der Waals surface area contributed by atoms with E-state index in [0.29, 0.717) is 17.9 Å². The molecule has 1 heterocycles. The van der Waals surface area contributed by atoms with Gasteiger partial charge in [0.15, 0.2) is 0 Å². The van der Waals surface area contributed by atoms with Gasteiger partial charge in [0.05, 0.1) is 18.2 Å². The minimum Gasteiger partial charge on any atom is -0.497 e. The second-order valence-electron chi connectivity index (χ2n) is 6.64. The zero-order valence-corrected chi connectivity index (χ0v) is 17.5. The highest BCUT2D eigenvalue weighted by atomic mass is 35.5. The average Bonchev–Trinajstić information content (AvgIpc) is 2.74. The number of benzene rings is 2. The number of hydrogen-bond donors (Lipinski definition) is 1. The Bertz CT molecular complexity index is 968. The molecule has 1 aliphatic heterocycles. The van der Waals surface area contributed by atoms with Crippen molar-refractivity contribution in [3.63, 3.8) is 0 Å². The lowest BCUT2D eigenvalue weighted by atomic mass is 9.98. The summed E-state index contributed by atoms with van der Waals surface area (Å²) >= 11 is 5.83. The summed E-state index contributed by atoms with van der Waals surface area (Å²) in [6.07, 6.45) is 2.44. The summed E-state index contributed by atoms with van der Waals surface area (Å²) in [7, 11) is -1.99. The van der Waals surface area contributed by atoms with Crippen molar-refractivity contribution >= 4 is 33.7 Å². The van der Waals surface area contributed by atoms with Crippen molar-refractivity contribution < 1.29 is 17.9 Å². The number of halogens is 1. The third-order valence-corrected chi connectivity index (χ3v) is 6.95. The molecule has 1 N–H and O–H groups in total. The van der Waals surface area contributed by atoms with Crippen molar-refractivity contribution in [1.82, 2.24) is 9.73 Å². The first kappa shape index (κ1) is 21.3. The van der Waals surface area contributed by atoms with Crippen LogP contribution < -0.4 is 10.2 Å². The fourth-order valence-electron chi connectivity index (χ4n) is 3.07. The number of nitrogens with zero attached hydrogens (tertiary/aromatic N) is 2. The zero-order chi connectivity index (χ0) is 20.9. The molecule has 0 aromatic heterocycles. The molecule has 7 nitrogen and oxygen atoms in total. The Hall–Kier alpha value is -2.42. The fraction of sp³-hybridized carbons (Fsp3) is 0.300. The van der Waals surface area contributed by atoms with Crippen LogP contribution in [0.25, 0.3) is 0 Å². The average molecular weight is 436 g/mol. The van der Waals surface area contributed by atoms with E-state index in [4.69, 9.17) is 16.3 Å². The summed E-state index contributed by atoms with van der Waals surface area (Å²) in [5.41, 5.74) is 3.37. The highest BCUT2D eigenvalue weighted by Crippen LogP contribution is 2.24.